The lowest BCUT2D eigenvalue weighted by Crippen LogP contribution is -2.43. The van der Waals surface area contributed by atoms with Crippen molar-refractivity contribution >= 4 is 22.9 Å². The Kier molecular flexibility index (Phi) is 6.88. The molecule has 180 valence electrons. The van der Waals surface area contributed by atoms with Gasteiger partial charge in [0.05, 0.1) is 11.9 Å². The minimum atomic E-state index is -0.100. The van der Waals surface area contributed by atoms with Gasteiger partial charge in [-0.1, -0.05) is 13.0 Å². The zero-order chi connectivity index (χ0) is 24.2. The highest BCUT2D eigenvalue weighted by atomic mass is 16.1. The quantitative estimate of drug-likeness (QED) is 0.567. The van der Waals surface area contributed by atoms with Crippen LogP contribution in [0.4, 0.5) is 11.4 Å². The lowest BCUT2D eigenvalue weighted by molar-refractivity contribution is -0.111. The molecule has 4 heterocycles. The number of hydrogen-bond donors (Lipinski definition) is 2. The number of nitrogens with one attached hydrogen (secondary N) is 2. The summed E-state index contributed by atoms with van der Waals surface area (Å²) in [6, 6.07) is 12.2. The molecule has 0 spiro atoms. The minimum Gasteiger partial charge on any atom is -0.381 e. The molecule has 35 heavy (non-hydrogen) atoms. The maximum Gasteiger partial charge on any atom is 0.256 e. The number of benzene rings is 1. The monoisotopic (exact) mass is 468 g/mol. The van der Waals surface area contributed by atoms with E-state index >= 15 is 0 Å². The van der Waals surface area contributed by atoms with E-state index in [4.69, 9.17) is 0 Å². The topological polar surface area (TPSA) is 73.4 Å². The van der Waals surface area contributed by atoms with Gasteiger partial charge in [-0.05, 0) is 60.5 Å². The summed E-state index contributed by atoms with van der Waals surface area (Å²) in [5, 5.41) is 6.51. The standard InChI is InChI=1S/C28H32N6O/c1-3-21-17-31-26-7-6-22(14-25(26)27(21)28(35)32-24-5-4-8-29-18-24)23-13-20(15-30-16-23)19-34-11-9-33(2)10-12-34/h4-8,13-16,18,31H,3,9-12,17,19H2,1-2H3,(H,32,35). The molecule has 0 aliphatic carbocycles. The van der Waals surface area contributed by atoms with Crippen LogP contribution >= 0.6 is 0 Å². The third-order valence-electron chi connectivity index (χ3n) is 6.84. The highest BCUT2D eigenvalue weighted by Crippen LogP contribution is 2.36. The molecule has 1 fully saturated rings. The summed E-state index contributed by atoms with van der Waals surface area (Å²) >= 11 is 0. The fourth-order valence-corrected chi connectivity index (χ4v) is 4.78. The average molecular weight is 469 g/mol. The minimum absolute atomic E-state index is 0.100. The number of anilines is 2. The Balaban J connectivity index is 1.43. The predicted octanol–water partition coefficient (Wildman–Crippen LogP) is 4.12. The summed E-state index contributed by atoms with van der Waals surface area (Å²) in [7, 11) is 2.17. The van der Waals surface area contributed by atoms with Crippen molar-refractivity contribution in [2.24, 2.45) is 0 Å². The van der Waals surface area contributed by atoms with Crippen LogP contribution in [0, 0.1) is 0 Å². The van der Waals surface area contributed by atoms with Gasteiger partial charge in [-0.25, -0.2) is 0 Å². The number of pyridine rings is 2. The van der Waals surface area contributed by atoms with Crippen molar-refractivity contribution < 1.29 is 4.79 Å². The van der Waals surface area contributed by atoms with Crippen LogP contribution < -0.4 is 10.6 Å². The second-order valence-electron chi connectivity index (χ2n) is 9.30. The van der Waals surface area contributed by atoms with Gasteiger partial charge < -0.3 is 15.5 Å². The molecule has 0 radical (unpaired) electrons. The molecule has 7 nitrogen and oxygen atoms in total. The van der Waals surface area contributed by atoms with E-state index < -0.39 is 0 Å². The average Bonchev–Trinajstić information content (AvgIpc) is 2.89. The van der Waals surface area contributed by atoms with Crippen molar-refractivity contribution in [3.63, 3.8) is 0 Å². The second-order valence-corrected chi connectivity index (χ2v) is 9.30. The van der Waals surface area contributed by atoms with Crippen LogP contribution in [0.2, 0.25) is 0 Å². The van der Waals surface area contributed by atoms with Gasteiger partial charge in [0.1, 0.15) is 0 Å². The number of fused-ring (bicyclic) bond motifs is 1. The van der Waals surface area contributed by atoms with E-state index in [1.807, 2.05) is 24.5 Å². The molecule has 1 saturated heterocycles. The van der Waals surface area contributed by atoms with Crippen molar-refractivity contribution in [3.8, 4) is 11.1 Å². The summed E-state index contributed by atoms with van der Waals surface area (Å²) in [4.78, 5) is 26.9. The Labute approximate surface area is 206 Å². The lowest BCUT2D eigenvalue weighted by atomic mass is 9.90. The van der Waals surface area contributed by atoms with E-state index in [-0.39, 0.29) is 5.91 Å². The number of carbonyl (C=O) groups is 1. The number of likely N-dealkylation sites (N-methyl/N-ethyl adjacent to an activating group) is 1. The van der Waals surface area contributed by atoms with Gasteiger partial charge in [-0.3, -0.25) is 19.7 Å². The molecule has 2 aliphatic heterocycles. The molecular weight excluding hydrogens is 436 g/mol. The third kappa shape index (κ3) is 5.26. The number of aromatic nitrogens is 2. The molecule has 2 aliphatic rings. The van der Waals surface area contributed by atoms with Crippen molar-refractivity contribution in [1.29, 1.82) is 0 Å². The van der Waals surface area contributed by atoms with E-state index in [1.165, 1.54) is 5.56 Å². The van der Waals surface area contributed by atoms with Crippen LogP contribution in [0.5, 0.6) is 0 Å². The van der Waals surface area contributed by atoms with Crippen LogP contribution in [0.25, 0.3) is 16.7 Å². The first-order valence-electron chi connectivity index (χ1n) is 12.3. The zero-order valence-corrected chi connectivity index (χ0v) is 20.4. The molecule has 7 heteroatoms. The molecule has 2 N–H and O–H groups in total. The lowest BCUT2D eigenvalue weighted by Gasteiger charge is -2.32. The predicted molar refractivity (Wildman–Crippen MR) is 141 cm³/mol. The molecule has 3 aromatic rings. The van der Waals surface area contributed by atoms with Crippen molar-refractivity contribution in [1.82, 2.24) is 19.8 Å². The van der Waals surface area contributed by atoms with Crippen molar-refractivity contribution in [2.75, 3.05) is 50.4 Å². The Morgan fingerprint density at radius 2 is 1.89 bits per heavy atom. The molecule has 0 atom stereocenters. The van der Waals surface area contributed by atoms with Gasteiger partial charge in [0.25, 0.3) is 5.91 Å². The molecule has 5 rings (SSSR count). The van der Waals surface area contributed by atoms with Crippen LogP contribution in [-0.2, 0) is 11.3 Å². The number of carbonyl (C=O) groups excluding carboxylic acids is 1. The number of nitrogens with zero attached hydrogens (tertiary/aromatic N) is 4. The van der Waals surface area contributed by atoms with Gasteiger partial charge >= 0.3 is 0 Å². The maximum atomic E-state index is 13.4. The summed E-state index contributed by atoms with van der Waals surface area (Å²) < 4.78 is 0. The van der Waals surface area contributed by atoms with Crippen LogP contribution in [0.15, 0.2) is 66.8 Å². The van der Waals surface area contributed by atoms with Crippen LogP contribution in [0.3, 0.4) is 0 Å². The Morgan fingerprint density at radius 1 is 1.03 bits per heavy atom. The first kappa shape index (κ1) is 23.2. The molecular formula is C28H32N6O. The van der Waals surface area contributed by atoms with Gasteiger partial charge in [-0.2, -0.15) is 0 Å². The van der Waals surface area contributed by atoms with E-state index in [9.17, 15) is 4.79 Å². The fraction of sp³-hybridized carbons (Fsp3) is 0.321. The normalized spacial score (nSPS) is 16.5. The molecule has 1 amide bonds. The number of amides is 1. The summed E-state index contributed by atoms with van der Waals surface area (Å²) in [6.45, 7) is 8.01. The van der Waals surface area contributed by atoms with Crippen molar-refractivity contribution in [3.05, 3.63) is 77.9 Å². The highest BCUT2D eigenvalue weighted by molar-refractivity contribution is 6.28. The van der Waals surface area contributed by atoms with Crippen LogP contribution in [-0.4, -0.2) is 65.4 Å². The molecule has 0 bridgehead atoms. The van der Waals surface area contributed by atoms with E-state index in [0.29, 0.717) is 12.2 Å². The van der Waals surface area contributed by atoms with Gasteiger partial charge in [0.2, 0.25) is 0 Å². The van der Waals surface area contributed by atoms with Gasteiger partial charge in [-0.15, -0.1) is 0 Å². The third-order valence-corrected chi connectivity index (χ3v) is 6.84. The number of piperazine rings is 1. The maximum absolute atomic E-state index is 13.4. The van der Waals surface area contributed by atoms with Gasteiger partial charge in [0, 0.05) is 80.2 Å². The fourth-order valence-electron chi connectivity index (χ4n) is 4.78. The van der Waals surface area contributed by atoms with Crippen molar-refractivity contribution in [2.45, 2.75) is 19.9 Å². The smallest absolute Gasteiger partial charge is 0.256 e. The largest absolute Gasteiger partial charge is 0.381 e. The summed E-state index contributed by atoms with van der Waals surface area (Å²) in [6.07, 6.45) is 8.04. The first-order chi connectivity index (χ1) is 17.1. The van der Waals surface area contributed by atoms with Crippen LogP contribution in [0.1, 0.15) is 24.5 Å². The number of hydrogen-bond acceptors (Lipinski definition) is 6. The molecule has 0 saturated carbocycles. The van der Waals surface area contributed by atoms with Gasteiger partial charge in [0.15, 0.2) is 0 Å². The Bertz CT molecular complexity index is 1230. The zero-order valence-electron chi connectivity index (χ0n) is 20.4. The summed E-state index contributed by atoms with van der Waals surface area (Å²) in [5.74, 6) is -0.100. The highest BCUT2D eigenvalue weighted by Gasteiger charge is 2.24. The Hall–Kier alpha value is -3.55. The van der Waals surface area contributed by atoms with E-state index in [1.54, 1.807) is 12.4 Å². The second kappa shape index (κ2) is 10.4. The molecule has 1 aromatic carbocycles. The van der Waals surface area contributed by atoms with E-state index in [0.717, 1.165) is 72.7 Å². The number of rotatable bonds is 6. The van der Waals surface area contributed by atoms with E-state index in [2.05, 4.69) is 68.6 Å². The Morgan fingerprint density at radius 3 is 2.66 bits per heavy atom. The SMILES string of the molecule is CCC1=C(C(=O)Nc2cccnc2)c2cc(-c3cncc(CN4CCN(C)CC4)c3)ccc2NC1. The summed E-state index contributed by atoms with van der Waals surface area (Å²) in [5.41, 5.74) is 7.77. The molecule has 2 aromatic heterocycles. The molecule has 0 unspecified atom stereocenters. The first-order valence-corrected chi connectivity index (χ1v) is 12.3.